The molecule has 18 heavy (non-hydrogen) atoms. The molecule has 2 rings (SSSR count). The fourth-order valence-electron chi connectivity index (χ4n) is 1.92. The summed E-state index contributed by atoms with van der Waals surface area (Å²) in [6, 6.07) is 0. The summed E-state index contributed by atoms with van der Waals surface area (Å²) in [7, 11) is 0. The molecule has 1 unspecified atom stereocenters. The summed E-state index contributed by atoms with van der Waals surface area (Å²) in [5, 5.41) is 4.95. The first-order valence-corrected chi connectivity index (χ1v) is 6.27. The number of alkyl halides is 3. The maximum absolute atomic E-state index is 13.0. The molecule has 1 atom stereocenters. The van der Waals surface area contributed by atoms with Crippen LogP contribution in [0.3, 0.4) is 0 Å². The highest BCUT2D eigenvalue weighted by molar-refractivity contribution is 7.09. The Morgan fingerprint density at radius 2 is 2.39 bits per heavy atom. The molecule has 8 heteroatoms. The van der Waals surface area contributed by atoms with E-state index in [-0.39, 0.29) is 26.1 Å². The minimum Gasteiger partial charge on any atom is -0.350 e. The van der Waals surface area contributed by atoms with E-state index in [1.807, 2.05) is 0 Å². The number of amides is 1. The molecule has 2 heterocycles. The van der Waals surface area contributed by atoms with Crippen LogP contribution in [0.15, 0.2) is 11.7 Å². The van der Waals surface area contributed by atoms with E-state index in [2.05, 4.69) is 15.6 Å². The van der Waals surface area contributed by atoms with Crippen LogP contribution in [0.4, 0.5) is 13.2 Å². The van der Waals surface area contributed by atoms with Crippen LogP contribution in [-0.4, -0.2) is 30.2 Å². The van der Waals surface area contributed by atoms with E-state index < -0.39 is 17.5 Å². The molecule has 1 aromatic rings. The van der Waals surface area contributed by atoms with Gasteiger partial charge in [0.25, 0.3) is 0 Å². The van der Waals surface area contributed by atoms with Crippen LogP contribution >= 0.6 is 11.3 Å². The molecule has 0 spiro atoms. The van der Waals surface area contributed by atoms with Crippen molar-refractivity contribution in [2.24, 2.45) is 5.41 Å². The summed E-state index contributed by atoms with van der Waals surface area (Å²) in [4.78, 5) is 16.3. The molecular formula is C10H12F3N3OS. The lowest BCUT2D eigenvalue weighted by molar-refractivity contribution is -0.216. The monoisotopic (exact) mass is 279 g/mol. The van der Waals surface area contributed by atoms with Crippen molar-refractivity contribution in [2.75, 3.05) is 13.1 Å². The van der Waals surface area contributed by atoms with Gasteiger partial charge in [0.2, 0.25) is 5.91 Å². The summed E-state index contributed by atoms with van der Waals surface area (Å²) in [6.45, 7) is -0.0696. The van der Waals surface area contributed by atoms with Crippen molar-refractivity contribution in [3.63, 3.8) is 0 Å². The highest BCUT2D eigenvalue weighted by atomic mass is 32.1. The van der Waals surface area contributed by atoms with Crippen molar-refractivity contribution in [3.8, 4) is 0 Å². The number of carbonyl (C=O) groups excluding carboxylic acids is 1. The maximum Gasteiger partial charge on any atom is 0.404 e. The first-order chi connectivity index (χ1) is 8.46. The quantitative estimate of drug-likeness (QED) is 0.877. The molecule has 0 bridgehead atoms. The van der Waals surface area contributed by atoms with Gasteiger partial charge in [0.15, 0.2) is 5.41 Å². The van der Waals surface area contributed by atoms with Crippen molar-refractivity contribution in [3.05, 3.63) is 16.6 Å². The lowest BCUT2D eigenvalue weighted by atomic mass is 9.85. The lowest BCUT2D eigenvalue weighted by Crippen LogP contribution is -2.51. The van der Waals surface area contributed by atoms with Gasteiger partial charge in [-0.15, -0.1) is 11.3 Å². The maximum atomic E-state index is 13.0. The fraction of sp³-hybridized carbons (Fsp3) is 0.600. The number of carbonyl (C=O) groups is 1. The van der Waals surface area contributed by atoms with E-state index in [0.717, 1.165) is 4.88 Å². The molecule has 1 fully saturated rings. The van der Waals surface area contributed by atoms with Crippen LogP contribution in [0.1, 0.15) is 11.3 Å². The molecular weight excluding hydrogens is 267 g/mol. The Hall–Kier alpha value is -1.15. The molecule has 0 aromatic carbocycles. The van der Waals surface area contributed by atoms with Crippen LogP contribution in [0.5, 0.6) is 0 Å². The molecule has 1 amide bonds. The number of aromatic nitrogens is 1. The molecule has 4 nitrogen and oxygen atoms in total. The van der Waals surface area contributed by atoms with E-state index in [0.29, 0.717) is 0 Å². The van der Waals surface area contributed by atoms with Crippen molar-refractivity contribution >= 4 is 17.2 Å². The molecule has 1 aliphatic heterocycles. The summed E-state index contributed by atoms with van der Waals surface area (Å²) in [5.41, 5.74) is -0.726. The van der Waals surface area contributed by atoms with Gasteiger partial charge in [-0.25, -0.2) is 0 Å². The second-order valence-electron chi connectivity index (χ2n) is 4.16. The summed E-state index contributed by atoms with van der Waals surface area (Å²) in [6.07, 6.45) is -3.22. The zero-order valence-corrected chi connectivity index (χ0v) is 10.2. The summed E-state index contributed by atoms with van der Waals surface area (Å²) >= 11 is 1.29. The number of halogens is 3. The Kier molecular flexibility index (Phi) is 3.58. The standard InChI is InChI=1S/C10H12F3N3OS/c11-10(12,13)9(1-2-14-5-9)8(17)16-4-7-3-15-6-18-7/h3,6,14H,1-2,4-5H2,(H,16,17). The molecule has 2 N–H and O–H groups in total. The Balaban J connectivity index is 2.05. The second-order valence-corrected chi connectivity index (χ2v) is 5.13. The number of hydrogen-bond donors (Lipinski definition) is 2. The van der Waals surface area contributed by atoms with Gasteiger partial charge in [0, 0.05) is 17.6 Å². The zero-order chi connectivity index (χ0) is 13.2. The summed E-state index contributed by atoms with van der Waals surface area (Å²) < 4.78 is 39.1. The van der Waals surface area contributed by atoms with Gasteiger partial charge < -0.3 is 10.6 Å². The van der Waals surface area contributed by atoms with Crippen molar-refractivity contribution in [1.29, 1.82) is 0 Å². The minimum atomic E-state index is -4.53. The van der Waals surface area contributed by atoms with Crippen molar-refractivity contribution in [1.82, 2.24) is 15.6 Å². The number of nitrogens with zero attached hydrogens (tertiary/aromatic N) is 1. The lowest BCUT2D eigenvalue weighted by Gasteiger charge is -2.29. The molecule has 1 saturated heterocycles. The van der Waals surface area contributed by atoms with E-state index in [1.165, 1.54) is 17.5 Å². The molecule has 100 valence electrons. The Morgan fingerprint density at radius 1 is 1.61 bits per heavy atom. The third kappa shape index (κ3) is 2.35. The van der Waals surface area contributed by atoms with Crippen molar-refractivity contribution < 1.29 is 18.0 Å². The average Bonchev–Trinajstić information content (AvgIpc) is 2.96. The van der Waals surface area contributed by atoms with Gasteiger partial charge in [-0.3, -0.25) is 9.78 Å². The van der Waals surface area contributed by atoms with E-state index in [1.54, 1.807) is 5.51 Å². The van der Waals surface area contributed by atoms with E-state index in [4.69, 9.17) is 0 Å². The highest BCUT2D eigenvalue weighted by Gasteiger charge is 2.61. The predicted octanol–water partition coefficient (Wildman–Crippen LogP) is 1.30. The van der Waals surface area contributed by atoms with Crippen molar-refractivity contribution in [2.45, 2.75) is 19.1 Å². The van der Waals surface area contributed by atoms with E-state index in [9.17, 15) is 18.0 Å². The predicted molar refractivity (Wildman–Crippen MR) is 59.9 cm³/mol. The van der Waals surface area contributed by atoms with Crippen LogP contribution in [0.25, 0.3) is 0 Å². The number of rotatable bonds is 3. The number of nitrogens with one attached hydrogen (secondary N) is 2. The minimum absolute atomic E-state index is 0.0847. The smallest absolute Gasteiger partial charge is 0.350 e. The van der Waals surface area contributed by atoms with Crippen LogP contribution in [-0.2, 0) is 11.3 Å². The number of hydrogen-bond acceptors (Lipinski definition) is 4. The Bertz CT molecular complexity index is 413. The van der Waals surface area contributed by atoms with Gasteiger partial charge in [0.1, 0.15) is 0 Å². The topological polar surface area (TPSA) is 54.0 Å². The van der Waals surface area contributed by atoms with Gasteiger partial charge >= 0.3 is 6.18 Å². The third-order valence-electron chi connectivity index (χ3n) is 3.04. The van der Waals surface area contributed by atoms with Crippen LogP contribution < -0.4 is 10.6 Å². The third-order valence-corrected chi connectivity index (χ3v) is 3.82. The van der Waals surface area contributed by atoms with E-state index >= 15 is 0 Å². The highest BCUT2D eigenvalue weighted by Crippen LogP contribution is 2.43. The largest absolute Gasteiger partial charge is 0.404 e. The average molecular weight is 279 g/mol. The van der Waals surface area contributed by atoms with Crippen LogP contribution in [0.2, 0.25) is 0 Å². The molecule has 0 aliphatic carbocycles. The van der Waals surface area contributed by atoms with Crippen LogP contribution in [0, 0.1) is 5.41 Å². The molecule has 1 aromatic heterocycles. The normalized spacial score (nSPS) is 24.2. The van der Waals surface area contributed by atoms with Gasteiger partial charge in [-0.2, -0.15) is 13.2 Å². The summed E-state index contributed by atoms with van der Waals surface area (Å²) in [5.74, 6) is -0.964. The molecule has 0 radical (unpaired) electrons. The first kappa shape index (κ1) is 13.3. The number of thiazole rings is 1. The second kappa shape index (κ2) is 4.85. The van der Waals surface area contributed by atoms with Gasteiger partial charge in [0.05, 0.1) is 12.1 Å². The van der Waals surface area contributed by atoms with Gasteiger partial charge in [-0.1, -0.05) is 0 Å². The first-order valence-electron chi connectivity index (χ1n) is 5.39. The Labute approximate surface area is 106 Å². The SMILES string of the molecule is O=C(NCc1cncs1)C1(C(F)(F)F)CCNC1. The Morgan fingerprint density at radius 3 is 2.89 bits per heavy atom. The fourth-order valence-corrected chi connectivity index (χ4v) is 2.46. The molecule has 1 aliphatic rings. The zero-order valence-electron chi connectivity index (χ0n) is 9.38. The molecule has 0 saturated carbocycles. The van der Waals surface area contributed by atoms with Gasteiger partial charge in [-0.05, 0) is 13.0 Å².